The summed E-state index contributed by atoms with van der Waals surface area (Å²) in [7, 11) is 0. The van der Waals surface area contributed by atoms with Gasteiger partial charge in [-0.2, -0.15) is 0 Å². The van der Waals surface area contributed by atoms with Crippen molar-refractivity contribution in [1.82, 2.24) is 5.32 Å². The van der Waals surface area contributed by atoms with Gasteiger partial charge < -0.3 is 5.32 Å². The molecule has 136 valence electrons. The van der Waals surface area contributed by atoms with E-state index in [0.717, 1.165) is 30.4 Å². The summed E-state index contributed by atoms with van der Waals surface area (Å²) in [5, 5.41) is 2.57. The molecule has 1 aromatic rings. The number of benzene rings is 1. The first-order valence-corrected chi connectivity index (χ1v) is 9.35. The Hall–Kier alpha value is -1.49. The molecule has 1 aliphatic rings. The van der Waals surface area contributed by atoms with Gasteiger partial charge in [-0.15, -0.1) is 0 Å². The lowest BCUT2D eigenvalue weighted by Crippen LogP contribution is -2.27. The van der Waals surface area contributed by atoms with Crippen LogP contribution in [-0.4, -0.2) is 12.5 Å². The maximum Gasteiger partial charge on any atom is 0.280 e. The van der Waals surface area contributed by atoms with E-state index in [1.54, 1.807) is 19.1 Å². The Morgan fingerprint density at radius 3 is 2.64 bits per heavy atom. The number of amides is 1. The van der Waals surface area contributed by atoms with E-state index in [1.807, 2.05) is 26.0 Å². The maximum absolute atomic E-state index is 14.0. The second-order valence-electron chi connectivity index (χ2n) is 7.05. The Morgan fingerprint density at radius 2 is 2.00 bits per heavy atom. The zero-order chi connectivity index (χ0) is 18.6. The van der Waals surface area contributed by atoms with Crippen LogP contribution in [0.2, 0.25) is 0 Å². The summed E-state index contributed by atoms with van der Waals surface area (Å²) in [5.41, 5.74) is 2.54. The highest BCUT2D eigenvalue weighted by atomic mass is 79.9. The molecule has 1 atom stereocenters. The molecule has 0 fully saturated rings. The fraction of sp³-hybridized carbons (Fsp3) is 0.450. The van der Waals surface area contributed by atoms with Crippen molar-refractivity contribution in [2.45, 2.75) is 40.0 Å². The minimum absolute atomic E-state index is 0.233. The molecule has 0 saturated carbocycles. The molecule has 0 spiro atoms. The Kier molecular flexibility index (Phi) is 6.94. The molecule has 2 rings (SSSR count). The largest absolute Gasteiger partial charge is 0.350 e. The van der Waals surface area contributed by atoms with Crippen LogP contribution in [0.15, 0.2) is 40.2 Å². The van der Waals surface area contributed by atoms with Crippen LogP contribution in [0.3, 0.4) is 0 Å². The van der Waals surface area contributed by atoms with Gasteiger partial charge in [0.05, 0.1) is 4.47 Å². The average molecular weight is 412 g/mol. The van der Waals surface area contributed by atoms with Crippen molar-refractivity contribution in [3.8, 4) is 0 Å². The van der Waals surface area contributed by atoms with Crippen molar-refractivity contribution in [3.05, 3.63) is 57.1 Å². The smallest absolute Gasteiger partial charge is 0.280 e. The van der Waals surface area contributed by atoms with Crippen LogP contribution >= 0.6 is 15.9 Å². The van der Waals surface area contributed by atoms with Crippen LogP contribution in [-0.2, 0) is 17.6 Å². The van der Waals surface area contributed by atoms with E-state index >= 15 is 0 Å². The highest BCUT2D eigenvalue weighted by molar-refractivity contribution is 9.10. The minimum atomic E-state index is -0.738. The Morgan fingerprint density at radius 1 is 1.36 bits per heavy atom. The van der Waals surface area contributed by atoms with Crippen molar-refractivity contribution < 1.29 is 13.6 Å². The molecule has 0 saturated heterocycles. The molecule has 0 aliphatic heterocycles. The summed E-state index contributed by atoms with van der Waals surface area (Å²) >= 11 is 3.22. The molecular weight excluding hydrogens is 388 g/mol. The molecule has 5 heteroatoms. The number of hydrogen-bond acceptors (Lipinski definition) is 1. The number of rotatable bonds is 6. The lowest BCUT2D eigenvalue weighted by molar-refractivity contribution is -0.119. The highest BCUT2D eigenvalue weighted by Crippen LogP contribution is 2.32. The van der Waals surface area contributed by atoms with Gasteiger partial charge >= 0.3 is 0 Å². The topological polar surface area (TPSA) is 29.1 Å². The number of fused-ring (bicyclic) bond motifs is 1. The molecule has 1 unspecified atom stereocenters. The maximum atomic E-state index is 14.0. The van der Waals surface area contributed by atoms with Crippen LogP contribution < -0.4 is 5.32 Å². The fourth-order valence-corrected chi connectivity index (χ4v) is 3.32. The normalized spacial score (nSPS) is 17.8. The van der Waals surface area contributed by atoms with Gasteiger partial charge in [-0.25, -0.2) is 8.78 Å². The molecule has 0 aromatic heterocycles. The van der Waals surface area contributed by atoms with Gasteiger partial charge in [-0.3, -0.25) is 4.79 Å². The summed E-state index contributed by atoms with van der Waals surface area (Å²) in [6.07, 6.45) is 6.03. The van der Waals surface area contributed by atoms with E-state index < -0.39 is 11.7 Å². The van der Waals surface area contributed by atoms with E-state index in [9.17, 15) is 13.6 Å². The second kappa shape index (κ2) is 8.75. The number of carbonyl (C=O) groups is 1. The quantitative estimate of drug-likeness (QED) is 0.501. The van der Waals surface area contributed by atoms with Gasteiger partial charge in [-0.05, 0) is 82.8 Å². The van der Waals surface area contributed by atoms with Gasteiger partial charge in [0.15, 0.2) is 5.83 Å². The molecule has 1 amide bonds. The van der Waals surface area contributed by atoms with Crippen molar-refractivity contribution in [2.24, 2.45) is 11.8 Å². The predicted octanol–water partition coefficient (Wildman–Crippen LogP) is 5.27. The summed E-state index contributed by atoms with van der Waals surface area (Å²) in [6.45, 7) is 5.96. The number of hydrogen-bond donors (Lipinski definition) is 1. The van der Waals surface area contributed by atoms with Gasteiger partial charge in [0.25, 0.3) is 5.91 Å². The lowest BCUT2D eigenvalue weighted by Gasteiger charge is -2.07. The van der Waals surface area contributed by atoms with Crippen LogP contribution in [0.4, 0.5) is 8.78 Å². The van der Waals surface area contributed by atoms with Crippen LogP contribution in [0.1, 0.15) is 38.3 Å². The second-order valence-corrected chi connectivity index (χ2v) is 7.90. The first kappa shape index (κ1) is 19.8. The molecule has 1 N–H and O–H groups in total. The minimum Gasteiger partial charge on any atom is -0.350 e. The predicted molar refractivity (Wildman–Crippen MR) is 100 cm³/mol. The van der Waals surface area contributed by atoms with Crippen molar-refractivity contribution in [3.63, 3.8) is 0 Å². The van der Waals surface area contributed by atoms with E-state index in [1.165, 1.54) is 0 Å². The zero-order valence-electron chi connectivity index (χ0n) is 14.8. The van der Waals surface area contributed by atoms with Crippen LogP contribution in [0.25, 0.3) is 0 Å². The fourth-order valence-electron chi connectivity index (χ4n) is 2.93. The monoisotopic (exact) mass is 411 g/mol. The van der Waals surface area contributed by atoms with Crippen molar-refractivity contribution in [2.75, 3.05) is 6.54 Å². The van der Waals surface area contributed by atoms with Crippen LogP contribution in [0, 0.1) is 17.7 Å². The molecule has 1 aliphatic carbocycles. The lowest BCUT2D eigenvalue weighted by atomic mass is 10.0. The van der Waals surface area contributed by atoms with Gasteiger partial charge in [0.1, 0.15) is 5.82 Å². The third kappa shape index (κ3) is 5.50. The third-order valence-corrected chi connectivity index (χ3v) is 4.92. The van der Waals surface area contributed by atoms with Gasteiger partial charge in [0.2, 0.25) is 0 Å². The molecule has 25 heavy (non-hydrogen) atoms. The standard InChI is InChI=1S/C20H24BrF2NO/c1-12(2)11-24-20(25)19(23)13(3)5-4-6-14-7-15-9-17(21)18(22)10-16(15)8-14/h4-5,9-10,12,14H,6-8,11H2,1-3H3,(H,24,25)/b5-4+,19-13-. The number of halogens is 3. The van der Waals surface area contributed by atoms with E-state index in [4.69, 9.17) is 0 Å². The molecular formula is C20H24BrF2NO. The van der Waals surface area contributed by atoms with Crippen molar-refractivity contribution in [1.29, 1.82) is 0 Å². The Bertz CT molecular complexity index is 679. The molecule has 0 heterocycles. The number of nitrogens with one attached hydrogen (secondary N) is 1. The first-order chi connectivity index (χ1) is 11.8. The number of carbonyl (C=O) groups excluding carboxylic acids is 1. The van der Waals surface area contributed by atoms with Gasteiger partial charge in [-0.1, -0.05) is 26.0 Å². The van der Waals surface area contributed by atoms with E-state index in [2.05, 4.69) is 21.2 Å². The van der Waals surface area contributed by atoms with Gasteiger partial charge in [0, 0.05) is 6.54 Å². The highest BCUT2D eigenvalue weighted by Gasteiger charge is 2.22. The molecule has 2 nitrogen and oxygen atoms in total. The zero-order valence-corrected chi connectivity index (χ0v) is 16.4. The first-order valence-electron chi connectivity index (χ1n) is 8.55. The summed E-state index contributed by atoms with van der Waals surface area (Å²) in [5.74, 6) is -0.975. The summed E-state index contributed by atoms with van der Waals surface area (Å²) < 4.78 is 28.1. The molecule has 1 aromatic carbocycles. The van der Waals surface area contributed by atoms with E-state index in [-0.39, 0.29) is 11.7 Å². The average Bonchev–Trinajstić information content (AvgIpc) is 2.93. The summed E-state index contributed by atoms with van der Waals surface area (Å²) in [6, 6.07) is 3.44. The third-order valence-electron chi connectivity index (χ3n) is 4.31. The Labute approximate surface area is 156 Å². The number of allylic oxidation sites excluding steroid dienone is 3. The molecule has 0 radical (unpaired) electrons. The van der Waals surface area contributed by atoms with E-state index in [0.29, 0.717) is 22.5 Å². The van der Waals surface area contributed by atoms with Crippen molar-refractivity contribution >= 4 is 21.8 Å². The summed E-state index contributed by atoms with van der Waals surface area (Å²) in [4.78, 5) is 11.7. The van der Waals surface area contributed by atoms with Crippen LogP contribution in [0.5, 0.6) is 0 Å². The SMILES string of the molecule is CC(/C=C/CC1Cc2cc(F)c(Br)cc2C1)=C(/F)C(=O)NCC(C)C. The Balaban J connectivity index is 1.90. The molecule has 0 bridgehead atoms.